The first-order chi connectivity index (χ1) is 19.2. The van der Waals surface area contributed by atoms with Crippen molar-refractivity contribution in [3.05, 3.63) is 60.3 Å². The first-order valence-corrected chi connectivity index (χ1v) is 14.9. The van der Waals surface area contributed by atoms with Crippen molar-refractivity contribution in [1.82, 2.24) is 20.2 Å². The number of unbranched alkanes of at least 4 members (excludes halogenated alkanes) is 3. The van der Waals surface area contributed by atoms with E-state index in [9.17, 15) is 14.0 Å². The van der Waals surface area contributed by atoms with Gasteiger partial charge in [-0.05, 0) is 30.5 Å². The van der Waals surface area contributed by atoms with Gasteiger partial charge in [0.15, 0.2) is 5.13 Å². The van der Waals surface area contributed by atoms with Crippen LogP contribution in [0.5, 0.6) is 0 Å². The average molecular weight is 585 g/mol. The van der Waals surface area contributed by atoms with E-state index in [1.165, 1.54) is 23.5 Å². The molecule has 3 aromatic heterocycles. The number of hydrogen-bond acceptors (Lipinski definition) is 8. The quantitative estimate of drug-likeness (QED) is 0.112. The molecule has 0 fully saturated rings. The molecule has 0 saturated heterocycles. The molecule has 4 rings (SSSR count). The van der Waals surface area contributed by atoms with Gasteiger partial charge >= 0.3 is 0 Å². The molecule has 0 saturated carbocycles. The van der Waals surface area contributed by atoms with Crippen LogP contribution in [0.3, 0.4) is 0 Å². The number of H-pyrrole nitrogens is 1. The molecule has 2 amide bonds. The number of aromatic nitrogens is 4. The summed E-state index contributed by atoms with van der Waals surface area (Å²) in [6.45, 7) is 6.25. The predicted octanol–water partition coefficient (Wildman–Crippen LogP) is 7.17. The number of nitrogens with zero attached hydrogens (tertiary/aromatic N) is 3. The lowest BCUT2D eigenvalue weighted by Gasteiger charge is -2.12. The van der Waals surface area contributed by atoms with Gasteiger partial charge < -0.3 is 15.1 Å². The highest BCUT2D eigenvalue weighted by Gasteiger charge is 2.19. The summed E-state index contributed by atoms with van der Waals surface area (Å²) >= 11 is 3.00. The Kier molecular flexibility index (Phi) is 10.1. The van der Waals surface area contributed by atoms with Crippen molar-refractivity contribution in [1.29, 1.82) is 0 Å². The number of oxazole rings is 1. The number of thioether (sulfide) groups is 1. The third kappa shape index (κ3) is 8.75. The van der Waals surface area contributed by atoms with Crippen molar-refractivity contribution in [2.75, 3.05) is 10.6 Å². The fraction of sp³-hybridized carbons (Fsp3) is 0.393. The van der Waals surface area contributed by atoms with Gasteiger partial charge in [-0.1, -0.05) is 57.1 Å². The van der Waals surface area contributed by atoms with Crippen molar-refractivity contribution in [2.24, 2.45) is 0 Å². The second-order valence-corrected chi connectivity index (χ2v) is 12.6. The maximum Gasteiger partial charge on any atom is 0.226 e. The lowest BCUT2D eigenvalue weighted by molar-refractivity contribution is -0.117. The molecule has 4 aromatic rings. The minimum absolute atomic E-state index is 0.0706. The van der Waals surface area contributed by atoms with Gasteiger partial charge in [-0.2, -0.15) is 5.10 Å². The molecule has 0 aliphatic heterocycles. The second-order valence-electron chi connectivity index (χ2n) is 10.3. The van der Waals surface area contributed by atoms with E-state index in [1.54, 1.807) is 42.5 Å². The molecule has 40 heavy (non-hydrogen) atoms. The maximum absolute atomic E-state index is 13.2. The van der Waals surface area contributed by atoms with Gasteiger partial charge in [-0.15, -0.1) is 11.8 Å². The van der Waals surface area contributed by atoms with Crippen LogP contribution in [0.4, 0.5) is 15.3 Å². The minimum atomic E-state index is -0.323. The van der Waals surface area contributed by atoms with Gasteiger partial charge in [-0.25, -0.2) is 14.4 Å². The number of thiazole rings is 1. The van der Waals surface area contributed by atoms with Crippen LogP contribution >= 0.6 is 23.1 Å². The third-order valence-corrected chi connectivity index (χ3v) is 8.07. The summed E-state index contributed by atoms with van der Waals surface area (Å²) in [7, 11) is 0. The van der Waals surface area contributed by atoms with E-state index in [0.717, 1.165) is 34.8 Å². The molecular weight excluding hydrogens is 551 g/mol. The molecule has 0 radical (unpaired) electrons. The molecule has 0 aliphatic rings. The van der Waals surface area contributed by atoms with Crippen LogP contribution < -0.4 is 10.6 Å². The minimum Gasteiger partial charge on any atom is -0.444 e. The highest BCUT2D eigenvalue weighted by Crippen LogP contribution is 2.32. The van der Waals surface area contributed by atoms with E-state index in [1.807, 2.05) is 0 Å². The highest BCUT2D eigenvalue weighted by atomic mass is 32.2. The normalized spacial score (nSPS) is 11.5. The number of anilines is 2. The Morgan fingerprint density at radius 1 is 0.975 bits per heavy atom. The Balaban J connectivity index is 1.09. The Morgan fingerprint density at radius 3 is 2.35 bits per heavy atom. The maximum atomic E-state index is 13.2. The summed E-state index contributed by atoms with van der Waals surface area (Å²) < 4.78 is 20.0. The van der Waals surface area contributed by atoms with Crippen LogP contribution in [0.2, 0.25) is 0 Å². The smallest absolute Gasteiger partial charge is 0.226 e. The third-order valence-electron chi connectivity index (χ3n) is 5.98. The second kappa shape index (κ2) is 13.7. The molecule has 9 nitrogen and oxygen atoms in total. The Morgan fingerprint density at radius 2 is 1.68 bits per heavy atom. The average Bonchev–Trinajstić information content (AvgIpc) is 3.67. The molecule has 0 bridgehead atoms. The molecule has 0 atom stereocenters. The summed E-state index contributed by atoms with van der Waals surface area (Å²) in [6, 6.07) is 6.01. The van der Waals surface area contributed by atoms with Crippen molar-refractivity contribution in [3.8, 4) is 11.1 Å². The molecule has 0 spiro atoms. The van der Waals surface area contributed by atoms with Crippen LogP contribution in [0, 0.1) is 5.82 Å². The summed E-state index contributed by atoms with van der Waals surface area (Å²) in [5, 5.41) is 13.0. The number of amides is 2. The zero-order chi connectivity index (χ0) is 28.5. The zero-order valence-electron chi connectivity index (χ0n) is 22.8. The SMILES string of the molecule is CC(C)(C)c1cnc(CSc2cnc(NC(=O)CCCCCCC(=O)Nc3[nH]ncc3-c3ccc(F)cc3)s2)o1. The molecule has 12 heteroatoms. The monoisotopic (exact) mass is 584 g/mol. The highest BCUT2D eigenvalue weighted by molar-refractivity contribution is 8.00. The number of rotatable bonds is 13. The largest absolute Gasteiger partial charge is 0.444 e. The van der Waals surface area contributed by atoms with Gasteiger partial charge in [0.05, 0.1) is 28.6 Å². The standard InChI is InChI=1S/C28H33FN6O3S2/c1-28(2,3)21-15-30-24(38-21)17-39-25-16-31-27(40-25)34-23(37)9-7-5-4-6-8-22(36)33-26-20(14-32-35-26)18-10-12-19(29)13-11-18/h10-16H,4-9,17H2,1-3H3,(H,31,34,37)(H2,32,33,35,36). The molecule has 0 unspecified atom stereocenters. The van der Waals surface area contributed by atoms with Gasteiger partial charge in [-0.3, -0.25) is 14.7 Å². The lowest BCUT2D eigenvalue weighted by atomic mass is 9.94. The number of carbonyl (C=O) groups is 2. The van der Waals surface area contributed by atoms with Crippen LogP contribution in [0.1, 0.15) is 70.9 Å². The molecular formula is C28H33FN6O3S2. The molecule has 0 aliphatic carbocycles. The van der Waals surface area contributed by atoms with E-state index in [4.69, 9.17) is 4.42 Å². The first kappa shape index (κ1) is 29.5. The first-order valence-electron chi connectivity index (χ1n) is 13.1. The van der Waals surface area contributed by atoms with Gasteiger partial charge in [0.2, 0.25) is 17.7 Å². The van der Waals surface area contributed by atoms with Crippen LogP contribution in [0.15, 0.2) is 51.5 Å². The fourth-order valence-corrected chi connectivity index (χ4v) is 5.52. The van der Waals surface area contributed by atoms with Crippen molar-refractivity contribution in [3.63, 3.8) is 0 Å². The topological polar surface area (TPSA) is 126 Å². The van der Waals surface area contributed by atoms with Crippen molar-refractivity contribution in [2.45, 2.75) is 74.7 Å². The Labute approximate surface area is 240 Å². The Hall–Kier alpha value is -3.51. The van der Waals surface area contributed by atoms with Crippen LogP contribution in [-0.4, -0.2) is 32.0 Å². The van der Waals surface area contributed by atoms with Crippen molar-refractivity contribution >= 4 is 45.9 Å². The zero-order valence-corrected chi connectivity index (χ0v) is 24.4. The van der Waals surface area contributed by atoms with Gasteiger partial charge in [0.1, 0.15) is 17.4 Å². The van der Waals surface area contributed by atoms with E-state index in [-0.39, 0.29) is 23.0 Å². The summed E-state index contributed by atoms with van der Waals surface area (Å²) in [5.74, 6) is 2.10. The van der Waals surface area contributed by atoms with Crippen LogP contribution in [-0.2, 0) is 20.8 Å². The molecule has 1 aromatic carbocycles. The molecule has 3 heterocycles. The number of carbonyl (C=O) groups excluding carboxylic acids is 2. The Bertz CT molecular complexity index is 1410. The fourth-order valence-electron chi connectivity index (χ4n) is 3.78. The molecule has 3 N–H and O–H groups in total. The van der Waals surface area contributed by atoms with Crippen LogP contribution in [0.25, 0.3) is 11.1 Å². The lowest BCUT2D eigenvalue weighted by Crippen LogP contribution is -2.12. The predicted molar refractivity (Wildman–Crippen MR) is 156 cm³/mol. The number of hydrogen-bond donors (Lipinski definition) is 3. The molecule has 212 valence electrons. The van der Waals surface area contributed by atoms with E-state index < -0.39 is 0 Å². The van der Waals surface area contributed by atoms with E-state index in [0.29, 0.717) is 47.4 Å². The summed E-state index contributed by atoms with van der Waals surface area (Å²) in [4.78, 5) is 33.3. The van der Waals surface area contributed by atoms with Gasteiger partial charge in [0, 0.05) is 23.8 Å². The number of halogens is 1. The van der Waals surface area contributed by atoms with Gasteiger partial charge in [0.25, 0.3) is 0 Å². The summed E-state index contributed by atoms with van der Waals surface area (Å²) in [6.07, 6.45) is 9.00. The number of aromatic amines is 1. The van der Waals surface area contributed by atoms with E-state index in [2.05, 4.69) is 51.6 Å². The summed E-state index contributed by atoms with van der Waals surface area (Å²) in [5.41, 5.74) is 1.39. The number of nitrogens with one attached hydrogen (secondary N) is 3. The van der Waals surface area contributed by atoms with E-state index >= 15 is 0 Å². The van der Waals surface area contributed by atoms with Crippen molar-refractivity contribution < 1.29 is 18.4 Å². The number of benzene rings is 1.